The van der Waals surface area contributed by atoms with E-state index in [-0.39, 0.29) is 5.91 Å². The summed E-state index contributed by atoms with van der Waals surface area (Å²) in [7, 11) is 3.22. The molecule has 1 aromatic heterocycles. The summed E-state index contributed by atoms with van der Waals surface area (Å²) in [6.45, 7) is 0.569. The summed E-state index contributed by atoms with van der Waals surface area (Å²) in [5.41, 5.74) is 2.02. The van der Waals surface area contributed by atoms with Gasteiger partial charge in [0, 0.05) is 11.9 Å². The molecule has 0 aliphatic carbocycles. The SMILES string of the molecule is COc1ccc(CCNC(=O)CSc2ccc3ccccc3n2)cc1OC. The minimum atomic E-state index is -0.00423. The van der Waals surface area contributed by atoms with E-state index in [1.807, 2.05) is 54.6 Å². The van der Waals surface area contributed by atoms with Crippen LogP contribution in [0.15, 0.2) is 59.6 Å². The number of methoxy groups -OCH3 is 2. The first kappa shape index (κ1) is 19.0. The lowest BCUT2D eigenvalue weighted by molar-refractivity contribution is -0.118. The summed E-state index contributed by atoms with van der Waals surface area (Å²) in [5, 5.41) is 4.89. The molecule has 0 spiro atoms. The number of ether oxygens (including phenoxy) is 2. The van der Waals surface area contributed by atoms with E-state index in [1.54, 1.807) is 14.2 Å². The van der Waals surface area contributed by atoms with Crippen molar-refractivity contribution < 1.29 is 14.3 Å². The van der Waals surface area contributed by atoms with Crippen LogP contribution in [0.3, 0.4) is 0 Å². The fraction of sp³-hybridized carbons (Fsp3) is 0.238. The number of carbonyl (C=O) groups excluding carboxylic acids is 1. The van der Waals surface area contributed by atoms with Crippen LogP contribution < -0.4 is 14.8 Å². The highest BCUT2D eigenvalue weighted by atomic mass is 32.2. The van der Waals surface area contributed by atoms with E-state index in [2.05, 4.69) is 10.3 Å². The topological polar surface area (TPSA) is 60.5 Å². The van der Waals surface area contributed by atoms with Gasteiger partial charge in [0.1, 0.15) is 0 Å². The van der Waals surface area contributed by atoms with Gasteiger partial charge in [-0.05, 0) is 36.2 Å². The monoisotopic (exact) mass is 382 g/mol. The summed E-state index contributed by atoms with van der Waals surface area (Å²) in [6, 6.07) is 17.7. The zero-order chi connectivity index (χ0) is 19.1. The molecule has 0 fully saturated rings. The maximum Gasteiger partial charge on any atom is 0.230 e. The Hall–Kier alpha value is -2.73. The fourth-order valence-electron chi connectivity index (χ4n) is 2.70. The molecule has 5 nitrogen and oxygen atoms in total. The van der Waals surface area contributed by atoms with E-state index in [9.17, 15) is 4.79 Å². The number of hydrogen-bond donors (Lipinski definition) is 1. The van der Waals surface area contributed by atoms with Gasteiger partial charge >= 0.3 is 0 Å². The maximum atomic E-state index is 12.1. The van der Waals surface area contributed by atoms with Crippen LogP contribution in [-0.2, 0) is 11.2 Å². The largest absolute Gasteiger partial charge is 0.493 e. The minimum absolute atomic E-state index is 0.00423. The van der Waals surface area contributed by atoms with E-state index in [1.165, 1.54) is 11.8 Å². The molecule has 0 aliphatic heterocycles. The number of pyridine rings is 1. The van der Waals surface area contributed by atoms with E-state index in [0.717, 1.165) is 27.9 Å². The van der Waals surface area contributed by atoms with E-state index in [4.69, 9.17) is 9.47 Å². The van der Waals surface area contributed by atoms with Crippen LogP contribution in [0.1, 0.15) is 5.56 Å². The molecule has 0 bridgehead atoms. The van der Waals surface area contributed by atoms with Crippen molar-refractivity contribution >= 4 is 28.6 Å². The highest BCUT2D eigenvalue weighted by Crippen LogP contribution is 2.27. The first-order chi connectivity index (χ1) is 13.2. The molecule has 2 aromatic carbocycles. The molecule has 0 unspecified atom stereocenters. The molecule has 0 atom stereocenters. The van der Waals surface area contributed by atoms with Gasteiger partial charge in [-0.25, -0.2) is 4.98 Å². The summed E-state index contributed by atoms with van der Waals surface area (Å²) in [5.74, 6) is 1.73. The zero-order valence-corrected chi connectivity index (χ0v) is 16.2. The Morgan fingerprint density at radius 1 is 1.04 bits per heavy atom. The predicted molar refractivity (Wildman–Crippen MR) is 109 cm³/mol. The highest BCUT2D eigenvalue weighted by Gasteiger charge is 2.07. The fourth-order valence-corrected chi connectivity index (χ4v) is 3.41. The molecular weight excluding hydrogens is 360 g/mol. The number of para-hydroxylation sites is 1. The normalized spacial score (nSPS) is 10.6. The minimum Gasteiger partial charge on any atom is -0.493 e. The first-order valence-corrected chi connectivity index (χ1v) is 9.64. The van der Waals surface area contributed by atoms with Gasteiger partial charge in [-0.2, -0.15) is 0 Å². The molecule has 0 saturated heterocycles. The number of nitrogens with one attached hydrogen (secondary N) is 1. The molecule has 0 aliphatic rings. The van der Waals surface area contributed by atoms with Crippen molar-refractivity contribution in [2.45, 2.75) is 11.4 Å². The van der Waals surface area contributed by atoms with Gasteiger partial charge in [0.25, 0.3) is 0 Å². The van der Waals surface area contributed by atoms with Gasteiger partial charge in [0.05, 0.1) is 30.5 Å². The summed E-state index contributed by atoms with van der Waals surface area (Å²) in [6.07, 6.45) is 0.727. The quantitative estimate of drug-likeness (QED) is 0.602. The van der Waals surface area contributed by atoms with Crippen molar-refractivity contribution in [3.63, 3.8) is 0 Å². The van der Waals surface area contributed by atoms with E-state index >= 15 is 0 Å². The second-order valence-corrected chi connectivity index (χ2v) is 6.92. The third-order valence-corrected chi connectivity index (χ3v) is 5.04. The van der Waals surface area contributed by atoms with Crippen molar-refractivity contribution in [2.75, 3.05) is 26.5 Å². The van der Waals surface area contributed by atoms with Crippen LogP contribution in [0.5, 0.6) is 11.5 Å². The molecule has 6 heteroatoms. The third kappa shape index (κ3) is 5.14. The number of thioether (sulfide) groups is 1. The Labute approximate surface area is 163 Å². The number of hydrogen-bond acceptors (Lipinski definition) is 5. The number of rotatable bonds is 8. The van der Waals surface area contributed by atoms with Crippen LogP contribution in [-0.4, -0.2) is 37.4 Å². The molecule has 3 aromatic rings. The number of fused-ring (bicyclic) bond motifs is 1. The average Bonchev–Trinajstić information content (AvgIpc) is 2.72. The Morgan fingerprint density at radius 2 is 1.85 bits per heavy atom. The number of nitrogens with zero attached hydrogens (tertiary/aromatic N) is 1. The van der Waals surface area contributed by atoms with Gasteiger partial charge < -0.3 is 14.8 Å². The molecule has 3 rings (SSSR count). The number of amides is 1. The van der Waals surface area contributed by atoms with Crippen molar-refractivity contribution in [3.05, 3.63) is 60.2 Å². The second kappa shape index (κ2) is 9.28. The Bertz CT molecular complexity index is 930. The molecule has 27 heavy (non-hydrogen) atoms. The highest BCUT2D eigenvalue weighted by molar-refractivity contribution is 7.99. The van der Waals surface area contributed by atoms with Gasteiger partial charge in [0.15, 0.2) is 11.5 Å². The standard InChI is InChI=1S/C21H22N2O3S/c1-25-18-9-7-15(13-19(18)26-2)11-12-22-20(24)14-27-21-10-8-16-5-3-4-6-17(16)23-21/h3-10,13H,11-12,14H2,1-2H3,(H,22,24). The molecule has 140 valence electrons. The van der Waals surface area contributed by atoms with Crippen molar-refractivity contribution in [2.24, 2.45) is 0 Å². The predicted octanol–water partition coefficient (Wildman–Crippen LogP) is 3.70. The molecule has 1 heterocycles. The van der Waals surface area contributed by atoms with Gasteiger partial charge in [-0.15, -0.1) is 0 Å². The lowest BCUT2D eigenvalue weighted by atomic mass is 10.1. The lowest BCUT2D eigenvalue weighted by Crippen LogP contribution is -2.27. The second-order valence-electron chi connectivity index (χ2n) is 5.92. The summed E-state index contributed by atoms with van der Waals surface area (Å²) in [4.78, 5) is 16.7. The zero-order valence-electron chi connectivity index (χ0n) is 15.4. The van der Waals surface area contributed by atoms with Gasteiger partial charge in [0.2, 0.25) is 5.91 Å². The van der Waals surface area contributed by atoms with Crippen LogP contribution >= 0.6 is 11.8 Å². The average molecular weight is 382 g/mol. The number of aromatic nitrogens is 1. The van der Waals surface area contributed by atoms with Gasteiger partial charge in [-0.1, -0.05) is 42.1 Å². The van der Waals surface area contributed by atoms with Crippen molar-refractivity contribution in [3.8, 4) is 11.5 Å². The lowest BCUT2D eigenvalue weighted by Gasteiger charge is -2.10. The van der Waals surface area contributed by atoms with Crippen LogP contribution in [0.2, 0.25) is 0 Å². The molecular formula is C21H22N2O3S. The molecule has 0 saturated carbocycles. The first-order valence-electron chi connectivity index (χ1n) is 8.66. The smallest absolute Gasteiger partial charge is 0.230 e. The molecule has 1 amide bonds. The third-order valence-electron chi connectivity index (χ3n) is 4.11. The van der Waals surface area contributed by atoms with Crippen LogP contribution in [0.4, 0.5) is 0 Å². The molecule has 0 radical (unpaired) electrons. The number of carbonyl (C=O) groups is 1. The van der Waals surface area contributed by atoms with E-state index < -0.39 is 0 Å². The Kier molecular flexibility index (Phi) is 6.54. The maximum absolute atomic E-state index is 12.1. The van der Waals surface area contributed by atoms with Gasteiger partial charge in [-0.3, -0.25) is 4.79 Å². The van der Waals surface area contributed by atoms with Crippen LogP contribution in [0.25, 0.3) is 10.9 Å². The van der Waals surface area contributed by atoms with E-state index in [0.29, 0.717) is 23.8 Å². The summed E-state index contributed by atoms with van der Waals surface area (Å²) >= 11 is 1.44. The number of benzene rings is 2. The molecule has 1 N–H and O–H groups in total. The Balaban J connectivity index is 1.46. The Morgan fingerprint density at radius 3 is 2.67 bits per heavy atom. The van der Waals surface area contributed by atoms with Crippen LogP contribution in [0, 0.1) is 0 Å². The summed E-state index contributed by atoms with van der Waals surface area (Å²) < 4.78 is 10.5. The van der Waals surface area contributed by atoms with Crippen molar-refractivity contribution in [1.29, 1.82) is 0 Å². The van der Waals surface area contributed by atoms with Crippen molar-refractivity contribution in [1.82, 2.24) is 10.3 Å².